The highest BCUT2D eigenvalue weighted by Crippen LogP contribution is 2.34. The lowest BCUT2D eigenvalue weighted by atomic mass is 9.98. The summed E-state index contributed by atoms with van der Waals surface area (Å²) in [7, 11) is 0. The number of carbonyl (C=O) groups is 1. The van der Waals surface area contributed by atoms with Crippen LogP contribution >= 0.6 is 11.3 Å². The van der Waals surface area contributed by atoms with Crippen LogP contribution in [-0.4, -0.2) is 28.9 Å². The molecule has 5 rings (SSSR count). The molecule has 0 spiro atoms. The zero-order valence-electron chi connectivity index (χ0n) is 15.4. The number of para-hydroxylation sites is 2. The van der Waals surface area contributed by atoms with Crippen LogP contribution in [0.3, 0.4) is 0 Å². The van der Waals surface area contributed by atoms with Gasteiger partial charge in [0.2, 0.25) is 0 Å². The lowest BCUT2D eigenvalue weighted by Gasteiger charge is -2.31. The van der Waals surface area contributed by atoms with Crippen LogP contribution in [0.2, 0.25) is 0 Å². The Morgan fingerprint density at radius 3 is 2.93 bits per heavy atom. The Bertz CT molecular complexity index is 1160. The van der Waals surface area contributed by atoms with Gasteiger partial charge >= 0.3 is 0 Å². The number of furan rings is 1. The van der Waals surface area contributed by atoms with E-state index < -0.39 is 5.82 Å². The number of aromatic nitrogens is 1. The van der Waals surface area contributed by atoms with E-state index in [0.29, 0.717) is 24.0 Å². The van der Waals surface area contributed by atoms with Gasteiger partial charge in [0.05, 0.1) is 15.2 Å². The third kappa shape index (κ3) is 2.79. The molecule has 1 atom stereocenters. The first-order chi connectivity index (χ1) is 13.6. The zero-order valence-corrected chi connectivity index (χ0v) is 16.3. The van der Waals surface area contributed by atoms with E-state index in [-0.39, 0.29) is 23.2 Å². The maximum absolute atomic E-state index is 14.0. The monoisotopic (exact) mass is 394 g/mol. The average molecular weight is 394 g/mol. The number of aryl methyl sites for hydroxylation is 1. The minimum atomic E-state index is -0.439. The Labute approximate surface area is 165 Å². The molecule has 0 radical (unpaired) electrons. The summed E-state index contributed by atoms with van der Waals surface area (Å²) in [5.74, 6) is -0.147. The summed E-state index contributed by atoms with van der Waals surface area (Å²) in [6.07, 6.45) is 1.93. The van der Waals surface area contributed by atoms with E-state index in [1.165, 1.54) is 10.8 Å². The molecule has 6 heteroatoms. The summed E-state index contributed by atoms with van der Waals surface area (Å²) in [5.41, 5.74) is 1.86. The van der Waals surface area contributed by atoms with Gasteiger partial charge in [-0.15, -0.1) is 11.3 Å². The van der Waals surface area contributed by atoms with Gasteiger partial charge in [-0.05, 0) is 38.0 Å². The molecule has 4 aromatic rings. The van der Waals surface area contributed by atoms with Crippen LogP contribution in [0.1, 0.15) is 39.9 Å². The summed E-state index contributed by atoms with van der Waals surface area (Å²) >= 11 is 1.70. The number of thiazole rings is 1. The van der Waals surface area contributed by atoms with Gasteiger partial charge in [0.25, 0.3) is 5.91 Å². The fourth-order valence-electron chi connectivity index (χ4n) is 3.98. The molecule has 2 aromatic heterocycles. The molecule has 3 heterocycles. The lowest BCUT2D eigenvalue weighted by molar-refractivity contribution is 0.0676. The number of hydrogen-bond donors (Lipinski definition) is 0. The van der Waals surface area contributed by atoms with Gasteiger partial charge < -0.3 is 9.32 Å². The lowest BCUT2D eigenvalue weighted by Crippen LogP contribution is -2.39. The van der Waals surface area contributed by atoms with Gasteiger partial charge in [0, 0.05) is 30.0 Å². The average Bonchev–Trinajstić information content (AvgIpc) is 3.30. The number of fused-ring (bicyclic) bond motifs is 2. The molecule has 2 aromatic carbocycles. The molecule has 0 bridgehead atoms. The van der Waals surface area contributed by atoms with E-state index in [1.807, 2.05) is 30.0 Å². The number of likely N-dealkylation sites (tertiary alicyclic amines) is 1. The van der Waals surface area contributed by atoms with Crippen LogP contribution in [0, 0.1) is 12.7 Å². The number of nitrogens with zero attached hydrogens (tertiary/aromatic N) is 2. The van der Waals surface area contributed by atoms with Crippen molar-refractivity contribution in [3.05, 3.63) is 64.6 Å². The summed E-state index contributed by atoms with van der Waals surface area (Å²) in [5, 5.41) is 1.73. The van der Waals surface area contributed by atoms with Gasteiger partial charge in [-0.25, -0.2) is 9.37 Å². The first kappa shape index (κ1) is 17.4. The topological polar surface area (TPSA) is 46.3 Å². The van der Waals surface area contributed by atoms with Gasteiger partial charge in [0.15, 0.2) is 17.2 Å². The predicted molar refractivity (Wildman–Crippen MR) is 108 cm³/mol. The van der Waals surface area contributed by atoms with Crippen LogP contribution in [0.25, 0.3) is 21.2 Å². The minimum Gasteiger partial charge on any atom is -0.448 e. The number of rotatable bonds is 2. The van der Waals surface area contributed by atoms with Gasteiger partial charge in [-0.3, -0.25) is 4.79 Å². The van der Waals surface area contributed by atoms with Crippen LogP contribution < -0.4 is 0 Å². The molecule has 1 amide bonds. The van der Waals surface area contributed by atoms with Crippen molar-refractivity contribution in [3.63, 3.8) is 0 Å². The van der Waals surface area contributed by atoms with Crippen molar-refractivity contribution < 1.29 is 13.6 Å². The van der Waals surface area contributed by atoms with Crippen molar-refractivity contribution in [1.29, 1.82) is 0 Å². The third-order valence-corrected chi connectivity index (χ3v) is 6.68. The van der Waals surface area contributed by atoms with E-state index >= 15 is 0 Å². The maximum Gasteiger partial charge on any atom is 0.289 e. The second-order valence-electron chi connectivity index (χ2n) is 7.28. The van der Waals surface area contributed by atoms with Crippen LogP contribution in [-0.2, 0) is 0 Å². The summed E-state index contributed by atoms with van der Waals surface area (Å²) in [6.45, 7) is 3.10. The Morgan fingerprint density at radius 1 is 1.25 bits per heavy atom. The first-order valence-corrected chi connectivity index (χ1v) is 10.3. The Kier molecular flexibility index (Phi) is 4.16. The first-order valence-electron chi connectivity index (χ1n) is 9.44. The summed E-state index contributed by atoms with van der Waals surface area (Å²) < 4.78 is 20.9. The molecule has 0 saturated carbocycles. The fourth-order valence-corrected chi connectivity index (χ4v) is 5.08. The van der Waals surface area contributed by atoms with Gasteiger partial charge in [-0.2, -0.15) is 0 Å². The smallest absolute Gasteiger partial charge is 0.289 e. The molecule has 28 heavy (non-hydrogen) atoms. The Balaban J connectivity index is 1.44. The molecule has 0 aliphatic carbocycles. The highest BCUT2D eigenvalue weighted by Gasteiger charge is 2.30. The third-order valence-electron chi connectivity index (χ3n) is 5.48. The molecular weight excluding hydrogens is 375 g/mol. The second kappa shape index (κ2) is 6.71. The Hall–Kier alpha value is -2.73. The number of carbonyl (C=O) groups excluding carboxylic acids is 1. The van der Waals surface area contributed by atoms with Crippen molar-refractivity contribution >= 4 is 38.4 Å². The summed E-state index contributed by atoms with van der Waals surface area (Å²) in [4.78, 5) is 19.7. The van der Waals surface area contributed by atoms with Crippen molar-refractivity contribution in [2.75, 3.05) is 13.1 Å². The van der Waals surface area contributed by atoms with Gasteiger partial charge in [0.1, 0.15) is 0 Å². The molecule has 1 aliphatic rings. The zero-order chi connectivity index (χ0) is 19.3. The van der Waals surface area contributed by atoms with E-state index in [9.17, 15) is 9.18 Å². The molecule has 1 unspecified atom stereocenters. The van der Waals surface area contributed by atoms with Crippen LogP contribution in [0.5, 0.6) is 0 Å². The maximum atomic E-state index is 14.0. The molecule has 0 N–H and O–H groups in total. The molecule has 1 saturated heterocycles. The number of amides is 1. The normalized spacial score (nSPS) is 17.5. The minimum absolute atomic E-state index is 0.156. The molecule has 4 nitrogen and oxygen atoms in total. The number of halogens is 1. The van der Waals surface area contributed by atoms with Crippen molar-refractivity contribution in [2.45, 2.75) is 25.7 Å². The summed E-state index contributed by atoms with van der Waals surface area (Å²) in [6, 6.07) is 12.9. The molecule has 1 aliphatic heterocycles. The van der Waals surface area contributed by atoms with E-state index in [4.69, 9.17) is 9.40 Å². The highest BCUT2D eigenvalue weighted by atomic mass is 32.1. The van der Waals surface area contributed by atoms with Crippen LogP contribution in [0.4, 0.5) is 4.39 Å². The molecule has 1 fully saturated rings. The highest BCUT2D eigenvalue weighted by molar-refractivity contribution is 7.18. The quantitative estimate of drug-likeness (QED) is 0.450. The van der Waals surface area contributed by atoms with Crippen LogP contribution in [0.15, 0.2) is 46.9 Å². The van der Waals surface area contributed by atoms with E-state index in [0.717, 1.165) is 23.4 Å². The fraction of sp³-hybridized carbons (Fsp3) is 0.273. The second-order valence-corrected chi connectivity index (χ2v) is 8.35. The SMILES string of the molecule is Cc1c(C(=O)N2CCCC(c3nc4ccccc4s3)C2)oc2c(F)cccc12. The van der Waals surface area contributed by atoms with E-state index in [1.54, 1.807) is 23.5 Å². The Morgan fingerprint density at radius 2 is 2.11 bits per heavy atom. The van der Waals surface area contributed by atoms with Crippen molar-refractivity contribution in [2.24, 2.45) is 0 Å². The van der Waals surface area contributed by atoms with E-state index in [2.05, 4.69) is 6.07 Å². The number of hydrogen-bond acceptors (Lipinski definition) is 4. The van der Waals surface area contributed by atoms with Crippen molar-refractivity contribution in [3.8, 4) is 0 Å². The standard InChI is InChI=1S/C22H19FN2O2S/c1-13-15-7-4-8-16(23)20(15)27-19(13)22(26)25-11-5-6-14(12-25)21-24-17-9-2-3-10-18(17)28-21/h2-4,7-10,14H,5-6,11-12H2,1H3. The van der Waals surface area contributed by atoms with Gasteiger partial charge in [-0.1, -0.05) is 24.3 Å². The van der Waals surface area contributed by atoms with Crippen molar-refractivity contribution in [1.82, 2.24) is 9.88 Å². The predicted octanol–water partition coefficient (Wildman–Crippen LogP) is 5.51. The largest absolute Gasteiger partial charge is 0.448 e. The molecule has 142 valence electrons. The number of piperidine rings is 1. The molecular formula is C22H19FN2O2S. The number of benzene rings is 2.